The number of morpholine rings is 1. The van der Waals surface area contributed by atoms with Crippen LogP contribution in [0, 0.1) is 0 Å². The van der Waals surface area contributed by atoms with Gasteiger partial charge in [0, 0.05) is 50.9 Å². The standard InChI is InChI=1S/C31H34F6N4O2.2ClH/c32-30(33,34)26-18-25(19-27(20-26)31(35,36)37)29(42)41-11-10-39(9-3-8-38-40-12-14-43-15-13-40)21-28(41)17-22-6-7-23-4-1-2-5-24(23)16-22;;/h1-2,4-7,16,18-20,28,38H,3,8-15,17,21H2;2*1H/t28-;;/m1../s1. The Kier molecular flexibility index (Phi) is 12.9. The van der Waals surface area contributed by atoms with Gasteiger partial charge in [-0.1, -0.05) is 42.5 Å². The van der Waals surface area contributed by atoms with Crippen LogP contribution in [0.25, 0.3) is 10.8 Å². The van der Waals surface area contributed by atoms with Crippen molar-refractivity contribution in [3.05, 3.63) is 82.9 Å². The molecule has 2 aliphatic heterocycles. The number of alkyl halides is 6. The van der Waals surface area contributed by atoms with Crippen LogP contribution in [0.3, 0.4) is 0 Å². The molecule has 1 N–H and O–H groups in total. The van der Waals surface area contributed by atoms with Crippen molar-refractivity contribution in [3.63, 3.8) is 0 Å². The van der Waals surface area contributed by atoms with Crippen molar-refractivity contribution in [2.75, 3.05) is 59.0 Å². The molecule has 3 aromatic carbocycles. The zero-order valence-corrected chi connectivity index (χ0v) is 26.0. The first-order valence-corrected chi connectivity index (χ1v) is 14.3. The van der Waals surface area contributed by atoms with Crippen molar-refractivity contribution in [2.24, 2.45) is 0 Å². The van der Waals surface area contributed by atoms with E-state index in [1.807, 2.05) is 42.5 Å². The van der Waals surface area contributed by atoms with Crippen LogP contribution in [-0.4, -0.2) is 85.8 Å². The lowest BCUT2D eigenvalue weighted by Gasteiger charge is -2.42. The first-order valence-electron chi connectivity index (χ1n) is 14.3. The van der Waals surface area contributed by atoms with Gasteiger partial charge in [-0.3, -0.25) is 15.1 Å². The fraction of sp³-hybridized carbons (Fsp3) is 0.452. The fourth-order valence-electron chi connectivity index (χ4n) is 5.71. The Bertz CT molecular complexity index is 1390. The number of halogens is 8. The third-order valence-electron chi connectivity index (χ3n) is 7.95. The van der Waals surface area contributed by atoms with Crippen LogP contribution >= 0.6 is 24.8 Å². The topological polar surface area (TPSA) is 48.1 Å². The molecular weight excluding hydrogens is 645 g/mol. The number of rotatable bonds is 8. The molecule has 0 spiro atoms. The molecule has 0 unspecified atom stereocenters. The predicted octanol–water partition coefficient (Wildman–Crippen LogP) is 6.32. The summed E-state index contributed by atoms with van der Waals surface area (Å²) >= 11 is 0. The lowest BCUT2D eigenvalue weighted by atomic mass is 9.97. The second-order valence-electron chi connectivity index (χ2n) is 11.0. The van der Waals surface area contributed by atoms with Crippen molar-refractivity contribution < 1.29 is 35.9 Å². The van der Waals surface area contributed by atoms with Gasteiger partial charge in [-0.25, -0.2) is 5.01 Å². The molecule has 2 heterocycles. The van der Waals surface area contributed by atoms with Gasteiger partial charge in [-0.2, -0.15) is 26.3 Å². The summed E-state index contributed by atoms with van der Waals surface area (Å²) in [5.74, 6) is -0.837. The largest absolute Gasteiger partial charge is 0.416 e. The van der Waals surface area contributed by atoms with Gasteiger partial charge in [-0.15, -0.1) is 24.8 Å². The van der Waals surface area contributed by atoms with Gasteiger partial charge >= 0.3 is 12.4 Å². The Balaban J connectivity index is 0.00000276. The first-order chi connectivity index (χ1) is 20.5. The maximum Gasteiger partial charge on any atom is 0.416 e. The van der Waals surface area contributed by atoms with Crippen LogP contribution in [0.15, 0.2) is 60.7 Å². The number of ether oxygens (including phenoxy) is 1. The van der Waals surface area contributed by atoms with Crippen LogP contribution < -0.4 is 5.43 Å². The van der Waals surface area contributed by atoms with Crippen LogP contribution in [0.5, 0.6) is 0 Å². The van der Waals surface area contributed by atoms with E-state index in [1.165, 1.54) is 4.90 Å². The third-order valence-corrected chi connectivity index (χ3v) is 7.95. The highest BCUT2D eigenvalue weighted by atomic mass is 35.5. The molecule has 45 heavy (non-hydrogen) atoms. The second kappa shape index (κ2) is 15.8. The summed E-state index contributed by atoms with van der Waals surface area (Å²) in [6.45, 7) is 5.54. The predicted molar refractivity (Wildman–Crippen MR) is 165 cm³/mol. The maximum absolute atomic E-state index is 13.7. The Hall–Kier alpha value is -2.61. The van der Waals surface area contributed by atoms with E-state index in [4.69, 9.17) is 4.74 Å². The molecule has 1 atom stereocenters. The van der Waals surface area contributed by atoms with Gasteiger partial charge in [0.2, 0.25) is 0 Å². The molecule has 0 aromatic heterocycles. The zero-order valence-electron chi connectivity index (χ0n) is 24.4. The molecule has 3 aromatic rings. The zero-order chi connectivity index (χ0) is 30.6. The Labute approximate surface area is 270 Å². The molecule has 2 fully saturated rings. The average Bonchev–Trinajstić information content (AvgIpc) is 2.98. The van der Waals surface area contributed by atoms with Gasteiger partial charge in [0.1, 0.15) is 0 Å². The number of hydrazine groups is 1. The molecule has 2 saturated heterocycles. The highest BCUT2D eigenvalue weighted by molar-refractivity contribution is 5.95. The lowest BCUT2D eigenvalue weighted by Crippen LogP contribution is -2.56. The second-order valence-corrected chi connectivity index (χ2v) is 11.0. The van der Waals surface area contributed by atoms with E-state index in [0.717, 1.165) is 48.9 Å². The minimum atomic E-state index is -5.03. The number of fused-ring (bicyclic) bond motifs is 1. The monoisotopic (exact) mass is 680 g/mol. The molecular formula is C31H36Cl2F6N4O2. The molecule has 6 nitrogen and oxygen atoms in total. The highest BCUT2D eigenvalue weighted by Crippen LogP contribution is 2.37. The summed E-state index contributed by atoms with van der Waals surface area (Å²) in [6.07, 6.45) is -8.83. The van der Waals surface area contributed by atoms with Gasteiger partial charge in [-0.05, 0) is 53.9 Å². The molecule has 0 radical (unpaired) electrons. The van der Waals surface area contributed by atoms with Crippen LogP contribution in [-0.2, 0) is 23.5 Å². The van der Waals surface area contributed by atoms with E-state index in [-0.39, 0.29) is 37.4 Å². The number of amides is 1. The Morgan fingerprint density at radius 3 is 2.11 bits per heavy atom. The Morgan fingerprint density at radius 1 is 0.822 bits per heavy atom. The number of nitrogens with one attached hydrogen (secondary N) is 1. The number of nitrogens with zero attached hydrogens (tertiary/aromatic N) is 3. The smallest absolute Gasteiger partial charge is 0.379 e. The molecule has 1 amide bonds. The number of benzene rings is 3. The lowest BCUT2D eigenvalue weighted by molar-refractivity contribution is -0.143. The quantitative estimate of drug-likeness (QED) is 0.223. The van der Waals surface area contributed by atoms with Gasteiger partial charge < -0.3 is 9.64 Å². The minimum absolute atomic E-state index is 0. The summed E-state index contributed by atoms with van der Waals surface area (Å²) in [5.41, 5.74) is 0.708. The van der Waals surface area contributed by atoms with Gasteiger partial charge in [0.15, 0.2) is 0 Å². The minimum Gasteiger partial charge on any atom is -0.379 e. The van der Waals surface area contributed by atoms with Crippen LogP contribution in [0.2, 0.25) is 0 Å². The SMILES string of the molecule is Cl.Cl.O=C(c1cc(C(F)(F)F)cc(C(F)(F)F)c1)N1CCN(CCCNN2CCOCC2)C[C@H]1Cc1ccc2ccccc2c1. The summed E-state index contributed by atoms with van der Waals surface area (Å²) in [4.78, 5) is 17.3. The summed E-state index contributed by atoms with van der Waals surface area (Å²) < 4.78 is 86.6. The average molecular weight is 682 g/mol. The first kappa shape index (κ1) is 36.9. The summed E-state index contributed by atoms with van der Waals surface area (Å²) in [5, 5.41) is 4.17. The highest BCUT2D eigenvalue weighted by Gasteiger charge is 2.39. The number of carbonyl (C=O) groups excluding carboxylic acids is 1. The van der Waals surface area contributed by atoms with E-state index >= 15 is 0 Å². The molecule has 2 aliphatic rings. The van der Waals surface area contributed by atoms with E-state index in [0.29, 0.717) is 44.9 Å². The number of carbonyl (C=O) groups is 1. The molecule has 0 bridgehead atoms. The third kappa shape index (κ3) is 9.69. The Morgan fingerprint density at radius 2 is 1.47 bits per heavy atom. The molecule has 14 heteroatoms. The molecule has 248 valence electrons. The summed E-state index contributed by atoms with van der Waals surface area (Å²) in [7, 11) is 0. The van der Waals surface area contributed by atoms with Crippen LogP contribution in [0.1, 0.15) is 33.5 Å². The van der Waals surface area contributed by atoms with Gasteiger partial charge in [0.25, 0.3) is 5.91 Å². The van der Waals surface area contributed by atoms with Crippen molar-refractivity contribution in [1.29, 1.82) is 0 Å². The summed E-state index contributed by atoms with van der Waals surface area (Å²) in [6, 6.07) is 14.4. The normalized spacial score (nSPS) is 18.4. The van der Waals surface area contributed by atoms with Crippen molar-refractivity contribution in [2.45, 2.75) is 31.2 Å². The van der Waals surface area contributed by atoms with Crippen molar-refractivity contribution in [1.82, 2.24) is 20.2 Å². The molecule has 0 saturated carbocycles. The fourth-order valence-corrected chi connectivity index (χ4v) is 5.71. The van der Waals surface area contributed by atoms with Crippen LogP contribution in [0.4, 0.5) is 26.3 Å². The maximum atomic E-state index is 13.7. The number of piperazine rings is 1. The van der Waals surface area contributed by atoms with E-state index < -0.39 is 41.0 Å². The van der Waals surface area contributed by atoms with Gasteiger partial charge in [0.05, 0.1) is 24.3 Å². The van der Waals surface area contributed by atoms with E-state index in [9.17, 15) is 31.1 Å². The van der Waals surface area contributed by atoms with Crippen molar-refractivity contribution >= 4 is 41.5 Å². The van der Waals surface area contributed by atoms with E-state index in [2.05, 4.69) is 15.3 Å². The molecule has 0 aliphatic carbocycles. The van der Waals surface area contributed by atoms with Crippen molar-refractivity contribution in [3.8, 4) is 0 Å². The number of hydrogen-bond donors (Lipinski definition) is 1. The molecule has 5 rings (SSSR count). The number of hydrogen-bond acceptors (Lipinski definition) is 5. The van der Waals surface area contributed by atoms with E-state index in [1.54, 1.807) is 0 Å².